The monoisotopic (exact) mass is 287 g/mol. The second-order valence-electron chi connectivity index (χ2n) is 4.75. The van der Waals surface area contributed by atoms with Gasteiger partial charge in [0, 0.05) is 31.3 Å². The molecule has 21 heavy (non-hydrogen) atoms. The number of ether oxygens (including phenoxy) is 1. The van der Waals surface area contributed by atoms with Crippen molar-refractivity contribution in [2.75, 3.05) is 13.2 Å². The zero-order valence-corrected chi connectivity index (χ0v) is 12.3. The highest BCUT2D eigenvalue weighted by Crippen LogP contribution is 2.13. The summed E-state index contributed by atoms with van der Waals surface area (Å²) in [7, 11) is 0. The number of hydrogen-bond acceptors (Lipinski definition) is 3. The maximum Gasteiger partial charge on any atom is 0.220 e. The van der Waals surface area contributed by atoms with Crippen LogP contribution < -0.4 is 10.1 Å². The minimum Gasteiger partial charge on any atom is -0.494 e. The van der Waals surface area contributed by atoms with E-state index >= 15 is 0 Å². The normalized spacial score (nSPS) is 10.3. The van der Waals surface area contributed by atoms with Crippen molar-refractivity contribution >= 4 is 5.91 Å². The molecule has 0 saturated heterocycles. The van der Waals surface area contributed by atoms with Crippen LogP contribution in [0.1, 0.15) is 24.6 Å². The Balaban J connectivity index is 1.66. The highest BCUT2D eigenvalue weighted by Gasteiger charge is 2.03. The van der Waals surface area contributed by atoms with Crippen LogP contribution in [-0.4, -0.2) is 29.0 Å². The van der Waals surface area contributed by atoms with E-state index in [2.05, 4.69) is 15.3 Å². The lowest BCUT2D eigenvalue weighted by atomic mass is 10.1. The van der Waals surface area contributed by atoms with Gasteiger partial charge in [0.25, 0.3) is 0 Å². The lowest BCUT2D eigenvalue weighted by Gasteiger charge is -2.06. The van der Waals surface area contributed by atoms with E-state index < -0.39 is 0 Å². The fraction of sp³-hybridized carbons (Fsp3) is 0.375. The van der Waals surface area contributed by atoms with Gasteiger partial charge >= 0.3 is 0 Å². The Hall–Kier alpha value is -2.30. The van der Waals surface area contributed by atoms with Crippen LogP contribution in [0.2, 0.25) is 0 Å². The Labute approximate surface area is 124 Å². The number of carbonyl (C=O) groups excluding carboxylic acids is 1. The first-order chi connectivity index (χ1) is 10.3. The smallest absolute Gasteiger partial charge is 0.220 e. The average Bonchev–Trinajstić information content (AvgIpc) is 3.00. The standard InChI is InChI=1S/C16H21N3O2/c1-2-21-15-6-3-13(4-7-15)5-8-16(20)18-10-9-14-11-17-12-19-14/h3-4,6-7,11-12H,2,5,8-10H2,1H3,(H,17,19)(H,18,20). The van der Waals surface area contributed by atoms with Crippen molar-refractivity contribution in [1.82, 2.24) is 15.3 Å². The molecule has 0 atom stereocenters. The van der Waals surface area contributed by atoms with Crippen LogP contribution in [0.5, 0.6) is 5.75 Å². The maximum absolute atomic E-state index is 11.8. The third kappa shape index (κ3) is 5.30. The maximum atomic E-state index is 11.8. The van der Waals surface area contributed by atoms with Crippen LogP contribution >= 0.6 is 0 Å². The molecule has 0 aliphatic rings. The second kappa shape index (κ2) is 8.09. The van der Waals surface area contributed by atoms with E-state index in [0.717, 1.165) is 29.8 Å². The first kappa shape index (κ1) is 15.1. The predicted octanol–water partition coefficient (Wildman–Crippen LogP) is 2.10. The van der Waals surface area contributed by atoms with Gasteiger partial charge in [-0.1, -0.05) is 12.1 Å². The fourth-order valence-electron chi connectivity index (χ4n) is 2.02. The fourth-order valence-corrected chi connectivity index (χ4v) is 2.02. The Morgan fingerprint density at radius 3 is 2.76 bits per heavy atom. The number of hydrogen-bond donors (Lipinski definition) is 2. The predicted molar refractivity (Wildman–Crippen MR) is 81.2 cm³/mol. The first-order valence-electron chi connectivity index (χ1n) is 7.23. The zero-order chi connectivity index (χ0) is 14.9. The summed E-state index contributed by atoms with van der Waals surface area (Å²) in [6.07, 6.45) is 5.42. The molecule has 2 N–H and O–H groups in total. The van der Waals surface area contributed by atoms with E-state index in [0.29, 0.717) is 19.6 Å². The molecule has 0 bridgehead atoms. The molecule has 5 heteroatoms. The minimum atomic E-state index is 0.0726. The van der Waals surface area contributed by atoms with E-state index in [9.17, 15) is 4.79 Å². The van der Waals surface area contributed by atoms with E-state index in [1.165, 1.54) is 0 Å². The lowest BCUT2D eigenvalue weighted by Crippen LogP contribution is -2.25. The molecule has 1 aromatic heterocycles. The summed E-state index contributed by atoms with van der Waals surface area (Å²) in [6.45, 7) is 3.25. The molecule has 0 spiro atoms. The van der Waals surface area contributed by atoms with E-state index in [-0.39, 0.29) is 5.91 Å². The number of H-pyrrole nitrogens is 1. The van der Waals surface area contributed by atoms with Gasteiger partial charge in [0.15, 0.2) is 0 Å². The van der Waals surface area contributed by atoms with Crippen LogP contribution in [0, 0.1) is 0 Å². The second-order valence-corrected chi connectivity index (χ2v) is 4.75. The number of aromatic amines is 1. The van der Waals surface area contributed by atoms with Crippen molar-refractivity contribution in [3.8, 4) is 5.75 Å². The molecule has 0 fully saturated rings. The molecular formula is C16H21N3O2. The molecule has 5 nitrogen and oxygen atoms in total. The van der Waals surface area contributed by atoms with Gasteiger partial charge in [-0.3, -0.25) is 4.79 Å². The average molecular weight is 287 g/mol. The number of aryl methyl sites for hydroxylation is 1. The van der Waals surface area contributed by atoms with Gasteiger partial charge < -0.3 is 15.0 Å². The Bertz CT molecular complexity index is 535. The molecule has 2 rings (SSSR count). The van der Waals surface area contributed by atoms with Gasteiger partial charge in [-0.25, -0.2) is 4.98 Å². The van der Waals surface area contributed by atoms with Gasteiger partial charge in [0.1, 0.15) is 5.75 Å². The van der Waals surface area contributed by atoms with Crippen molar-refractivity contribution in [2.24, 2.45) is 0 Å². The third-order valence-electron chi connectivity index (χ3n) is 3.15. The quantitative estimate of drug-likeness (QED) is 0.781. The van der Waals surface area contributed by atoms with Crippen molar-refractivity contribution in [3.05, 3.63) is 48.0 Å². The summed E-state index contributed by atoms with van der Waals surface area (Å²) in [5.41, 5.74) is 2.17. The van der Waals surface area contributed by atoms with Gasteiger partial charge in [-0.15, -0.1) is 0 Å². The Morgan fingerprint density at radius 1 is 1.29 bits per heavy atom. The van der Waals surface area contributed by atoms with Crippen LogP contribution in [0.4, 0.5) is 0 Å². The number of benzene rings is 1. The van der Waals surface area contributed by atoms with Crippen LogP contribution in [0.3, 0.4) is 0 Å². The molecule has 1 amide bonds. The molecule has 0 unspecified atom stereocenters. The first-order valence-corrected chi connectivity index (χ1v) is 7.23. The molecule has 0 aliphatic carbocycles. The van der Waals surface area contributed by atoms with E-state index in [4.69, 9.17) is 4.74 Å². The molecule has 1 aromatic carbocycles. The van der Waals surface area contributed by atoms with Gasteiger partial charge in [0.05, 0.1) is 12.9 Å². The van der Waals surface area contributed by atoms with Crippen LogP contribution in [0.15, 0.2) is 36.8 Å². The Morgan fingerprint density at radius 2 is 2.10 bits per heavy atom. The molecule has 0 aliphatic heterocycles. The third-order valence-corrected chi connectivity index (χ3v) is 3.15. The van der Waals surface area contributed by atoms with Crippen molar-refractivity contribution < 1.29 is 9.53 Å². The number of nitrogens with one attached hydrogen (secondary N) is 2. The number of aromatic nitrogens is 2. The van der Waals surface area contributed by atoms with Gasteiger partial charge in [-0.2, -0.15) is 0 Å². The lowest BCUT2D eigenvalue weighted by molar-refractivity contribution is -0.121. The summed E-state index contributed by atoms with van der Waals surface area (Å²) in [5, 5.41) is 2.91. The number of imidazole rings is 1. The summed E-state index contributed by atoms with van der Waals surface area (Å²) < 4.78 is 5.39. The summed E-state index contributed by atoms with van der Waals surface area (Å²) >= 11 is 0. The number of nitrogens with zero attached hydrogens (tertiary/aromatic N) is 1. The molecule has 1 heterocycles. The van der Waals surface area contributed by atoms with Crippen molar-refractivity contribution in [2.45, 2.75) is 26.2 Å². The number of amides is 1. The zero-order valence-electron chi connectivity index (χ0n) is 12.3. The highest BCUT2D eigenvalue weighted by atomic mass is 16.5. The van der Waals surface area contributed by atoms with Crippen molar-refractivity contribution in [3.63, 3.8) is 0 Å². The Kier molecular flexibility index (Phi) is 5.82. The molecule has 0 radical (unpaired) electrons. The summed E-state index contributed by atoms with van der Waals surface area (Å²) in [4.78, 5) is 18.7. The van der Waals surface area contributed by atoms with Crippen LogP contribution in [0.25, 0.3) is 0 Å². The number of carbonyl (C=O) groups is 1. The van der Waals surface area contributed by atoms with E-state index in [1.807, 2.05) is 31.2 Å². The van der Waals surface area contributed by atoms with Crippen LogP contribution in [-0.2, 0) is 17.6 Å². The summed E-state index contributed by atoms with van der Waals surface area (Å²) in [5.74, 6) is 0.939. The molecular weight excluding hydrogens is 266 g/mol. The highest BCUT2D eigenvalue weighted by molar-refractivity contribution is 5.76. The van der Waals surface area contributed by atoms with E-state index in [1.54, 1.807) is 12.5 Å². The SMILES string of the molecule is CCOc1ccc(CCC(=O)NCCc2cnc[nH]2)cc1. The van der Waals surface area contributed by atoms with Crippen molar-refractivity contribution in [1.29, 1.82) is 0 Å². The molecule has 0 saturated carbocycles. The molecule has 2 aromatic rings. The molecule has 112 valence electrons. The summed E-state index contributed by atoms with van der Waals surface area (Å²) in [6, 6.07) is 7.88. The van der Waals surface area contributed by atoms with Gasteiger partial charge in [-0.05, 0) is 31.0 Å². The largest absolute Gasteiger partial charge is 0.494 e. The number of rotatable bonds is 8. The van der Waals surface area contributed by atoms with Gasteiger partial charge in [0.2, 0.25) is 5.91 Å². The minimum absolute atomic E-state index is 0.0726. The topological polar surface area (TPSA) is 67.0 Å².